The first-order valence-corrected chi connectivity index (χ1v) is 11.3. The van der Waals surface area contributed by atoms with Crippen molar-refractivity contribution < 1.29 is 14.4 Å². The molecule has 0 aliphatic heterocycles. The number of ether oxygens (including phenoxy) is 1. The summed E-state index contributed by atoms with van der Waals surface area (Å²) in [4.78, 5) is 18.1. The van der Waals surface area contributed by atoms with Gasteiger partial charge in [0, 0.05) is 32.1 Å². The van der Waals surface area contributed by atoms with Crippen LogP contribution in [-0.4, -0.2) is 38.4 Å². The molecule has 0 radical (unpaired) electrons. The molecule has 4 fully saturated rings. The highest BCUT2D eigenvalue weighted by molar-refractivity contribution is 5.87. The third-order valence-corrected chi connectivity index (χ3v) is 9.18. The van der Waals surface area contributed by atoms with E-state index in [9.17, 15) is 4.79 Å². The lowest BCUT2D eigenvalue weighted by Gasteiger charge is -2.61. The number of fused-ring (bicyclic) bond motifs is 5. The summed E-state index contributed by atoms with van der Waals surface area (Å²) in [6.45, 7) is 6.62. The number of hydrogen-bond acceptors (Lipinski definition) is 5. The van der Waals surface area contributed by atoms with Gasteiger partial charge in [-0.3, -0.25) is 4.79 Å². The highest BCUT2D eigenvalue weighted by Gasteiger charge is 2.61. The monoisotopic (exact) mass is 390 g/mol. The molecule has 0 spiro atoms. The number of carbonyl (C=O) groups is 1. The molecular weight excluding hydrogens is 352 g/mol. The number of hydrogen-bond donors (Lipinski definition) is 1. The molecule has 0 aromatic rings. The van der Waals surface area contributed by atoms with Crippen LogP contribution in [0.2, 0.25) is 0 Å². The molecule has 5 nitrogen and oxygen atoms in total. The van der Waals surface area contributed by atoms with Crippen molar-refractivity contribution in [1.29, 1.82) is 0 Å². The van der Waals surface area contributed by atoms with Gasteiger partial charge in [0.1, 0.15) is 12.4 Å². The van der Waals surface area contributed by atoms with Crippen LogP contribution in [0.25, 0.3) is 0 Å². The van der Waals surface area contributed by atoms with Crippen LogP contribution in [0.4, 0.5) is 0 Å². The van der Waals surface area contributed by atoms with Crippen molar-refractivity contribution in [2.24, 2.45) is 51.3 Å². The zero-order valence-corrected chi connectivity index (χ0v) is 17.9. The van der Waals surface area contributed by atoms with Crippen molar-refractivity contribution in [2.45, 2.75) is 65.2 Å². The van der Waals surface area contributed by atoms with Crippen LogP contribution in [0.5, 0.6) is 0 Å². The molecule has 0 amide bonds. The molecule has 4 aliphatic carbocycles. The SMILES string of the molecule is COC[C@H]1C[C@@H]2[C@H](CC[C@]3(C)C(=O)CC[C@@H]23)[C@@]2(C)CC/C(=N\OCCN)CC12. The molecule has 5 heteroatoms. The molecule has 0 aromatic heterocycles. The first-order chi connectivity index (χ1) is 13.4. The largest absolute Gasteiger partial charge is 0.395 e. The quantitative estimate of drug-likeness (QED) is 0.572. The van der Waals surface area contributed by atoms with Crippen molar-refractivity contribution >= 4 is 11.5 Å². The number of oxime groups is 1. The van der Waals surface area contributed by atoms with Gasteiger partial charge < -0.3 is 15.3 Å². The Morgan fingerprint density at radius 3 is 2.71 bits per heavy atom. The van der Waals surface area contributed by atoms with Crippen molar-refractivity contribution in [3.8, 4) is 0 Å². The zero-order valence-electron chi connectivity index (χ0n) is 17.9. The van der Waals surface area contributed by atoms with E-state index >= 15 is 0 Å². The Labute approximate surface area is 169 Å². The Bertz CT molecular complexity index is 635. The Morgan fingerprint density at radius 2 is 1.96 bits per heavy atom. The fourth-order valence-corrected chi connectivity index (χ4v) is 7.74. The maximum absolute atomic E-state index is 12.7. The number of methoxy groups -OCH3 is 1. The maximum Gasteiger partial charge on any atom is 0.139 e. The van der Waals surface area contributed by atoms with E-state index in [1.54, 1.807) is 0 Å². The number of nitrogens with zero attached hydrogens (tertiary/aromatic N) is 1. The van der Waals surface area contributed by atoms with E-state index in [4.69, 9.17) is 15.3 Å². The van der Waals surface area contributed by atoms with Gasteiger partial charge in [-0.1, -0.05) is 19.0 Å². The van der Waals surface area contributed by atoms with E-state index in [1.165, 1.54) is 25.0 Å². The lowest BCUT2D eigenvalue weighted by atomic mass is 9.43. The van der Waals surface area contributed by atoms with Gasteiger partial charge in [-0.05, 0) is 80.0 Å². The van der Waals surface area contributed by atoms with Crippen LogP contribution in [0.15, 0.2) is 5.16 Å². The van der Waals surface area contributed by atoms with Crippen LogP contribution in [0, 0.1) is 40.4 Å². The van der Waals surface area contributed by atoms with Gasteiger partial charge >= 0.3 is 0 Å². The summed E-state index contributed by atoms with van der Waals surface area (Å²) in [5, 5.41) is 4.42. The number of carbonyl (C=O) groups excluding carboxylic acids is 1. The van der Waals surface area contributed by atoms with E-state index in [1.807, 2.05) is 7.11 Å². The average molecular weight is 391 g/mol. The van der Waals surface area contributed by atoms with Crippen LogP contribution in [-0.2, 0) is 14.4 Å². The van der Waals surface area contributed by atoms with Gasteiger partial charge in [0.05, 0.1) is 5.71 Å². The second-order valence-corrected chi connectivity index (χ2v) is 10.3. The first-order valence-electron chi connectivity index (χ1n) is 11.3. The Morgan fingerprint density at radius 1 is 1.14 bits per heavy atom. The number of ketones is 1. The molecule has 1 unspecified atom stereocenters. The van der Waals surface area contributed by atoms with E-state index in [0.717, 1.165) is 44.6 Å². The molecular formula is C23H38N2O3. The zero-order chi connectivity index (χ0) is 19.9. The normalized spacial score (nSPS) is 46.8. The molecule has 0 heterocycles. The summed E-state index contributed by atoms with van der Waals surface area (Å²) in [6.07, 6.45) is 8.66. The molecule has 4 aliphatic rings. The summed E-state index contributed by atoms with van der Waals surface area (Å²) in [5.41, 5.74) is 7.00. The van der Waals surface area contributed by atoms with Crippen LogP contribution in [0.1, 0.15) is 65.2 Å². The van der Waals surface area contributed by atoms with Crippen molar-refractivity contribution in [2.75, 3.05) is 26.9 Å². The second-order valence-electron chi connectivity index (χ2n) is 10.3. The topological polar surface area (TPSA) is 73.9 Å². The summed E-state index contributed by atoms with van der Waals surface area (Å²) in [7, 11) is 1.83. The highest BCUT2D eigenvalue weighted by atomic mass is 16.6. The highest BCUT2D eigenvalue weighted by Crippen LogP contribution is 2.66. The molecule has 0 bridgehead atoms. The smallest absolute Gasteiger partial charge is 0.139 e. The maximum atomic E-state index is 12.7. The van der Waals surface area contributed by atoms with Crippen molar-refractivity contribution in [1.82, 2.24) is 0 Å². The average Bonchev–Trinajstić information content (AvgIpc) is 2.98. The van der Waals surface area contributed by atoms with Gasteiger partial charge in [-0.25, -0.2) is 0 Å². The van der Waals surface area contributed by atoms with Gasteiger partial charge in [0.2, 0.25) is 0 Å². The number of rotatable bonds is 5. The fourth-order valence-electron chi connectivity index (χ4n) is 7.74. The van der Waals surface area contributed by atoms with Gasteiger partial charge in [0.25, 0.3) is 0 Å². The standard InChI is InChI=1S/C23H38N2O3/c1-22-8-6-16(25-28-11-10-24)13-20(22)15(14-27-3)12-17-18-4-5-21(26)23(18,2)9-7-19(17)22/h15,17-20H,4-14,24H2,1-3H3/b25-16+/t15-,17+,18+,19+,20?,22-,23+/m1/s1. The lowest BCUT2D eigenvalue weighted by Crippen LogP contribution is -2.57. The predicted octanol–water partition coefficient (Wildman–Crippen LogP) is 3.80. The minimum atomic E-state index is -0.0562. The Kier molecular flexibility index (Phi) is 5.60. The molecule has 28 heavy (non-hydrogen) atoms. The molecule has 7 atom stereocenters. The van der Waals surface area contributed by atoms with Crippen molar-refractivity contribution in [3.63, 3.8) is 0 Å². The molecule has 158 valence electrons. The molecule has 2 N–H and O–H groups in total. The van der Waals surface area contributed by atoms with Crippen LogP contribution in [0.3, 0.4) is 0 Å². The molecule has 4 rings (SSSR count). The summed E-state index contributed by atoms with van der Waals surface area (Å²) in [6, 6.07) is 0. The second kappa shape index (κ2) is 7.71. The fraction of sp³-hybridized carbons (Fsp3) is 0.913. The van der Waals surface area contributed by atoms with E-state index in [2.05, 4.69) is 19.0 Å². The van der Waals surface area contributed by atoms with Gasteiger partial charge in [-0.2, -0.15) is 0 Å². The number of nitrogens with two attached hydrogens (primary N) is 1. The van der Waals surface area contributed by atoms with E-state index in [0.29, 0.717) is 48.0 Å². The third kappa shape index (κ3) is 3.13. The van der Waals surface area contributed by atoms with Crippen LogP contribution < -0.4 is 5.73 Å². The predicted molar refractivity (Wildman–Crippen MR) is 110 cm³/mol. The Balaban J connectivity index is 1.60. The molecule has 4 saturated carbocycles. The molecule has 0 saturated heterocycles. The summed E-state index contributed by atoms with van der Waals surface area (Å²) >= 11 is 0. The Hall–Kier alpha value is -0.940. The van der Waals surface area contributed by atoms with E-state index in [-0.39, 0.29) is 5.41 Å². The number of Topliss-reactive ketones (excluding diaryl/α,β-unsaturated/α-hetero) is 1. The van der Waals surface area contributed by atoms with Gasteiger partial charge in [-0.15, -0.1) is 0 Å². The molecule has 0 aromatic carbocycles. The van der Waals surface area contributed by atoms with Crippen molar-refractivity contribution in [3.05, 3.63) is 0 Å². The van der Waals surface area contributed by atoms with Gasteiger partial charge in [0.15, 0.2) is 0 Å². The van der Waals surface area contributed by atoms with Crippen LogP contribution >= 0.6 is 0 Å². The summed E-state index contributed by atoms with van der Waals surface area (Å²) < 4.78 is 5.69. The minimum absolute atomic E-state index is 0.0562. The minimum Gasteiger partial charge on any atom is -0.395 e. The first kappa shape index (κ1) is 20.3. The lowest BCUT2D eigenvalue weighted by molar-refractivity contribution is -0.145. The van der Waals surface area contributed by atoms with E-state index < -0.39 is 0 Å². The third-order valence-electron chi connectivity index (χ3n) is 9.18. The summed E-state index contributed by atoms with van der Waals surface area (Å²) in [5.74, 6) is 3.68.